The second-order valence-electron chi connectivity index (χ2n) is 3.41. The predicted octanol–water partition coefficient (Wildman–Crippen LogP) is 2.43. The highest BCUT2D eigenvalue weighted by Gasteiger charge is 2.23. The maximum atomic E-state index is 5.18. The van der Waals surface area contributed by atoms with E-state index in [1.165, 1.54) is 16.7 Å². The first-order valence-corrected chi connectivity index (χ1v) is 4.71. The van der Waals surface area contributed by atoms with E-state index in [9.17, 15) is 0 Å². The molecule has 0 aromatic heterocycles. The van der Waals surface area contributed by atoms with Crippen molar-refractivity contribution in [2.75, 3.05) is 6.61 Å². The van der Waals surface area contributed by atoms with Gasteiger partial charge in [0.15, 0.2) is 0 Å². The third kappa shape index (κ3) is 1.12. The summed E-state index contributed by atoms with van der Waals surface area (Å²) in [6, 6.07) is 8.32. The maximum Gasteiger partial charge on any atom is 0.137 e. The standard InChI is InChI=1S/C12H10O2/c1-2-4-10-9(3-1)5-6-12-11(10)7-8-13-14-12/h1-7,12H,8H2. The molecular formula is C12H10O2. The van der Waals surface area contributed by atoms with Crippen molar-refractivity contribution in [3.8, 4) is 0 Å². The van der Waals surface area contributed by atoms with Crippen LogP contribution in [0.3, 0.4) is 0 Å². The summed E-state index contributed by atoms with van der Waals surface area (Å²) in [5, 5.41) is 0. The summed E-state index contributed by atoms with van der Waals surface area (Å²) in [6.07, 6.45) is 6.15. The van der Waals surface area contributed by atoms with Crippen molar-refractivity contribution >= 4 is 11.6 Å². The Kier molecular flexibility index (Phi) is 1.76. The van der Waals surface area contributed by atoms with E-state index in [0.717, 1.165) is 0 Å². The number of rotatable bonds is 0. The van der Waals surface area contributed by atoms with Gasteiger partial charge in [-0.15, -0.1) is 0 Å². The Bertz CT molecular complexity index is 418. The van der Waals surface area contributed by atoms with E-state index in [1.54, 1.807) is 0 Å². The molecule has 0 radical (unpaired) electrons. The summed E-state index contributed by atoms with van der Waals surface area (Å²) in [6.45, 7) is 0.536. The molecule has 2 aliphatic rings. The van der Waals surface area contributed by atoms with Gasteiger partial charge in [-0.05, 0) is 28.9 Å². The molecule has 1 aromatic rings. The lowest BCUT2D eigenvalue weighted by Crippen LogP contribution is -2.20. The van der Waals surface area contributed by atoms with Crippen LogP contribution in [0.1, 0.15) is 11.1 Å². The summed E-state index contributed by atoms with van der Waals surface area (Å²) in [7, 11) is 0. The van der Waals surface area contributed by atoms with Crippen LogP contribution in [0.2, 0.25) is 0 Å². The van der Waals surface area contributed by atoms with Crippen LogP contribution in [0.5, 0.6) is 0 Å². The van der Waals surface area contributed by atoms with Crippen LogP contribution in [0.4, 0.5) is 0 Å². The lowest BCUT2D eigenvalue weighted by Gasteiger charge is -2.25. The minimum Gasteiger partial charge on any atom is -0.232 e. The van der Waals surface area contributed by atoms with Crippen LogP contribution in [0.25, 0.3) is 11.6 Å². The van der Waals surface area contributed by atoms with Gasteiger partial charge in [0, 0.05) is 0 Å². The van der Waals surface area contributed by atoms with Gasteiger partial charge in [-0.2, -0.15) is 0 Å². The Balaban J connectivity index is 2.17. The number of fused-ring (bicyclic) bond motifs is 3. The molecular weight excluding hydrogens is 176 g/mol. The third-order valence-corrected chi connectivity index (χ3v) is 2.57. The predicted molar refractivity (Wildman–Crippen MR) is 54.3 cm³/mol. The first-order chi connectivity index (χ1) is 6.95. The van der Waals surface area contributed by atoms with Gasteiger partial charge >= 0.3 is 0 Å². The molecule has 1 atom stereocenters. The second-order valence-corrected chi connectivity index (χ2v) is 3.41. The van der Waals surface area contributed by atoms with E-state index in [-0.39, 0.29) is 6.10 Å². The lowest BCUT2D eigenvalue weighted by atomic mass is 9.90. The van der Waals surface area contributed by atoms with E-state index in [0.29, 0.717) is 6.61 Å². The highest BCUT2D eigenvalue weighted by molar-refractivity contribution is 5.82. The van der Waals surface area contributed by atoms with Gasteiger partial charge in [0.2, 0.25) is 0 Å². The molecule has 14 heavy (non-hydrogen) atoms. The van der Waals surface area contributed by atoms with Crippen LogP contribution in [-0.2, 0) is 9.78 Å². The summed E-state index contributed by atoms with van der Waals surface area (Å²) in [5.41, 5.74) is 3.72. The molecule has 2 heteroatoms. The topological polar surface area (TPSA) is 18.5 Å². The fourth-order valence-corrected chi connectivity index (χ4v) is 1.90. The molecule has 0 fully saturated rings. The summed E-state index contributed by atoms with van der Waals surface area (Å²) >= 11 is 0. The van der Waals surface area contributed by atoms with Gasteiger partial charge in [0.05, 0.1) is 0 Å². The maximum absolute atomic E-state index is 5.18. The monoisotopic (exact) mass is 186 g/mol. The summed E-state index contributed by atoms with van der Waals surface area (Å²) in [4.78, 5) is 10.1. The van der Waals surface area contributed by atoms with Gasteiger partial charge in [0.25, 0.3) is 0 Å². The first kappa shape index (κ1) is 7.97. The van der Waals surface area contributed by atoms with E-state index >= 15 is 0 Å². The van der Waals surface area contributed by atoms with Crippen molar-refractivity contribution in [2.24, 2.45) is 0 Å². The molecule has 0 saturated heterocycles. The fourth-order valence-electron chi connectivity index (χ4n) is 1.90. The zero-order chi connectivity index (χ0) is 9.38. The molecule has 0 bridgehead atoms. The van der Waals surface area contributed by atoms with Gasteiger partial charge in [-0.3, -0.25) is 0 Å². The SMILES string of the molecule is C1=CC2OOCC=C2c2ccccc21. The van der Waals surface area contributed by atoms with Crippen LogP contribution < -0.4 is 0 Å². The second kappa shape index (κ2) is 3.08. The molecule has 1 aliphatic carbocycles. The Morgan fingerprint density at radius 3 is 3.14 bits per heavy atom. The van der Waals surface area contributed by atoms with Gasteiger partial charge in [-0.1, -0.05) is 30.3 Å². The Morgan fingerprint density at radius 2 is 2.14 bits per heavy atom. The molecule has 0 N–H and O–H groups in total. The zero-order valence-electron chi connectivity index (χ0n) is 7.64. The normalized spacial score (nSPS) is 23.7. The zero-order valence-corrected chi connectivity index (χ0v) is 7.64. The minimum absolute atomic E-state index is 0.0290. The molecule has 3 rings (SSSR count). The van der Waals surface area contributed by atoms with Crippen LogP contribution in [-0.4, -0.2) is 12.7 Å². The van der Waals surface area contributed by atoms with Gasteiger partial charge in [0.1, 0.15) is 12.7 Å². The lowest BCUT2D eigenvalue weighted by molar-refractivity contribution is -0.299. The van der Waals surface area contributed by atoms with E-state index in [2.05, 4.69) is 24.3 Å². The first-order valence-electron chi connectivity index (χ1n) is 4.71. The fraction of sp³-hybridized carbons (Fsp3) is 0.167. The van der Waals surface area contributed by atoms with Crippen molar-refractivity contribution in [1.82, 2.24) is 0 Å². The average Bonchev–Trinajstić information content (AvgIpc) is 2.29. The molecule has 70 valence electrons. The van der Waals surface area contributed by atoms with Crippen molar-refractivity contribution in [1.29, 1.82) is 0 Å². The van der Waals surface area contributed by atoms with Crippen LogP contribution in [0, 0.1) is 0 Å². The van der Waals surface area contributed by atoms with Crippen LogP contribution >= 0.6 is 0 Å². The van der Waals surface area contributed by atoms with Crippen molar-refractivity contribution in [3.63, 3.8) is 0 Å². The van der Waals surface area contributed by atoms with Crippen molar-refractivity contribution in [2.45, 2.75) is 6.10 Å². The average molecular weight is 186 g/mol. The minimum atomic E-state index is -0.0290. The smallest absolute Gasteiger partial charge is 0.137 e. The molecule has 1 aromatic carbocycles. The van der Waals surface area contributed by atoms with Crippen molar-refractivity contribution < 1.29 is 9.78 Å². The molecule has 0 amide bonds. The van der Waals surface area contributed by atoms with E-state index < -0.39 is 0 Å². The highest BCUT2D eigenvalue weighted by Crippen LogP contribution is 2.32. The quantitative estimate of drug-likeness (QED) is 0.579. The third-order valence-electron chi connectivity index (χ3n) is 2.57. The highest BCUT2D eigenvalue weighted by atomic mass is 17.2. The molecule has 2 nitrogen and oxygen atoms in total. The number of benzene rings is 1. The largest absolute Gasteiger partial charge is 0.232 e. The van der Waals surface area contributed by atoms with Gasteiger partial charge in [-0.25, -0.2) is 9.78 Å². The Morgan fingerprint density at radius 1 is 1.21 bits per heavy atom. The Labute approximate surface area is 82.4 Å². The molecule has 1 aliphatic heterocycles. The summed E-state index contributed by atoms with van der Waals surface area (Å²) in [5.74, 6) is 0. The molecule has 1 unspecified atom stereocenters. The van der Waals surface area contributed by atoms with Crippen molar-refractivity contribution in [3.05, 3.63) is 47.5 Å². The number of hydrogen-bond donors (Lipinski definition) is 0. The molecule has 1 heterocycles. The Hall–Kier alpha value is -1.38. The van der Waals surface area contributed by atoms with E-state index in [1.807, 2.05) is 18.2 Å². The van der Waals surface area contributed by atoms with Crippen LogP contribution in [0.15, 0.2) is 36.4 Å². The van der Waals surface area contributed by atoms with Gasteiger partial charge < -0.3 is 0 Å². The number of hydrogen-bond acceptors (Lipinski definition) is 2. The molecule has 0 spiro atoms. The summed E-state index contributed by atoms with van der Waals surface area (Å²) < 4.78 is 0. The molecule has 0 saturated carbocycles. The van der Waals surface area contributed by atoms with E-state index in [4.69, 9.17) is 9.78 Å².